The molecule has 2 heterocycles. The second kappa shape index (κ2) is 4.70. The fraction of sp³-hybridized carbons (Fsp3) is 0. The Morgan fingerprint density at radius 1 is 1.00 bits per heavy atom. The molecule has 0 saturated heterocycles. The molecule has 0 amide bonds. The van der Waals surface area contributed by atoms with Gasteiger partial charge in [0.25, 0.3) is 0 Å². The van der Waals surface area contributed by atoms with E-state index in [9.17, 15) is 0 Å². The van der Waals surface area contributed by atoms with Gasteiger partial charge in [-0.1, -0.05) is 28.1 Å². The molecule has 18 heavy (non-hydrogen) atoms. The molecule has 0 bridgehead atoms. The van der Waals surface area contributed by atoms with Crippen LogP contribution in [0.5, 0.6) is 0 Å². The highest BCUT2D eigenvalue weighted by molar-refractivity contribution is 9.10. The van der Waals surface area contributed by atoms with Crippen molar-refractivity contribution in [2.24, 2.45) is 0 Å². The summed E-state index contributed by atoms with van der Waals surface area (Å²) in [6.07, 6.45) is 3.28. The van der Waals surface area contributed by atoms with Gasteiger partial charge in [0.1, 0.15) is 12.0 Å². The van der Waals surface area contributed by atoms with Crippen molar-refractivity contribution in [3.8, 4) is 17.2 Å². The largest absolute Gasteiger partial charge is 0.253 e. The van der Waals surface area contributed by atoms with Crippen molar-refractivity contribution >= 4 is 15.9 Å². The molecular weight excluding hydrogens is 292 g/mol. The molecule has 3 aromatic rings. The van der Waals surface area contributed by atoms with Crippen molar-refractivity contribution in [2.45, 2.75) is 0 Å². The SMILES string of the molecule is Brc1cccc(-n2ncnc2-c2ccccn2)c1. The van der Waals surface area contributed by atoms with Crippen molar-refractivity contribution in [1.82, 2.24) is 19.7 Å². The average Bonchev–Trinajstić information content (AvgIpc) is 2.89. The molecule has 2 aromatic heterocycles. The summed E-state index contributed by atoms with van der Waals surface area (Å²) < 4.78 is 2.77. The Balaban J connectivity index is 2.13. The lowest BCUT2D eigenvalue weighted by Crippen LogP contribution is -2.00. The van der Waals surface area contributed by atoms with Crippen LogP contribution in [0.2, 0.25) is 0 Å². The number of benzene rings is 1. The van der Waals surface area contributed by atoms with E-state index >= 15 is 0 Å². The Bertz CT molecular complexity index is 664. The van der Waals surface area contributed by atoms with Crippen LogP contribution in [0.15, 0.2) is 59.5 Å². The normalized spacial score (nSPS) is 10.5. The van der Waals surface area contributed by atoms with E-state index in [0.717, 1.165) is 21.7 Å². The van der Waals surface area contributed by atoms with E-state index in [4.69, 9.17) is 0 Å². The molecule has 3 rings (SSSR count). The minimum atomic E-state index is 0.730. The van der Waals surface area contributed by atoms with Crippen molar-refractivity contribution in [1.29, 1.82) is 0 Å². The number of nitrogens with zero attached hydrogens (tertiary/aromatic N) is 4. The third kappa shape index (κ3) is 2.04. The summed E-state index contributed by atoms with van der Waals surface area (Å²) in [7, 11) is 0. The van der Waals surface area contributed by atoms with Crippen molar-refractivity contribution < 1.29 is 0 Å². The third-order valence-corrected chi connectivity index (χ3v) is 2.99. The number of halogens is 1. The molecule has 88 valence electrons. The summed E-state index contributed by atoms with van der Waals surface area (Å²) in [6.45, 7) is 0. The molecule has 0 aliphatic rings. The highest BCUT2D eigenvalue weighted by atomic mass is 79.9. The van der Waals surface area contributed by atoms with Crippen molar-refractivity contribution in [3.05, 3.63) is 59.5 Å². The Labute approximate surface area is 112 Å². The zero-order valence-electron chi connectivity index (χ0n) is 9.36. The van der Waals surface area contributed by atoms with Gasteiger partial charge in [-0.2, -0.15) is 5.10 Å². The molecule has 0 N–H and O–H groups in total. The first kappa shape index (κ1) is 11.1. The van der Waals surface area contributed by atoms with Crippen LogP contribution >= 0.6 is 15.9 Å². The molecule has 0 atom stereocenters. The number of rotatable bonds is 2. The summed E-state index contributed by atoms with van der Waals surface area (Å²) in [5, 5.41) is 4.25. The smallest absolute Gasteiger partial charge is 0.181 e. The maximum atomic E-state index is 4.29. The van der Waals surface area contributed by atoms with Crippen LogP contribution in [0.1, 0.15) is 0 Å². The average molecular weight is 301 g/mol. The topological polar surface area (TPSA) is 43.6 Å². The van der Waals surface area contributed by atoms with E-state index in [1.807, 2.05) is 42.5 Å². The van der Waals surface area contributed by atoms with E-state index in [-0.39, 0.29) is 0 Å². The van der Waals surface area contributed by atoms with Gasteiger partial charge in [-0.15, -0.1) is 0 Å². The minimum absolute atomic E-state index is 0.730. The van der Waals surface area contributed by atoms with E-state index < -0.39 is 0 Å². The fourth-order valence-corrected chi connectivity index (χ4v) is 2.10. The van der Waals surface area contributed by atoms with Crippen molar-refractivity contribution in [3.63, 3.8) is 0 Å². The first-order valence-electron chi connectivity index (χ1n) is 5.42. The molecule has 0 spiro atoms. The Morgan fingerprint density at radius 3 is 2.72 bits per heavy atom. The van der Waals surface area contributed by atoms with Crippen molar-refractivity contribution in [2.75, 3.05) is 0 Å². The van der Waals surface area contributed by atoms with E-state index in [0.29, 0.717) is 0 Å². The number of hydrogen-bond acceptors (Lipinski definition) is 3. The minimum Gasteiger partial charge on any atom is -0.253 e. The summed E-state index contributed by atoms with van der Waals surface area (Å²) in [6, 6.07) is 13.6. The summed E-state index contributed by atoms with van der Waals surface area (Å²) >= 11 is 3.45. The predicted molar refractivity (Wildman–Crippen MR) is 72.3 cm³/mol. The van der Waals surface area contributed by atoms with Gasteiger partial charge in [0.15, 0.2) is 5.82 Å². The Morgan fingerprint density at radius 2 is 1.94 bits per heavy atom. The van der Waals surface area contributed by atoms with Crippen LogP contribution in [-0.2, 0) is 0 Å². The molecule has 0 fully saturated rings. The lowest BCUT2D eigenvalue weighted by molar-refractivity contribution is 0.882. The lowest BCUT2D eigenvalue weighted by atomic mass is 10.3. The van der Waals surface area contributed by atoms with Gasteiger partial charge < -0.3 is 0 Å². The van der Waals surface area contributed by atoms with E-state index in [2.05, 4.69) is 31.0 Å². The molecule has 0 saturated carbocycles. The molecule has 1 aromatic carbocycles. The third-order valence-electron chi connectivity index (χ3n) is 2.49. The van der Waals surface area contributed by atoms with E-state index in [1.54, 1.807) is 10.9 Å². The van der Waals surface area contributed by atoms with Crippen LogP contribution in [0.3, 0.4) is 0 Å². The lowest BCUT2D eigenvalue weighted by Gasteiger charge is -2.05. The van der Waals surface area contributed by atoms with Crippen LogP contribution in [0, 0.1) is 0 Å². The Kier molecular flexibility index (Phi) is 2.90. The molecule has 0 aliphatic carbocycles. The summed E-state index contributed by atoms with van der Waals surface area (Å²) in [4.78, 5) is 8.56. The van der Waals surface area contributed by atoms with Gasteiger partial charge in [0.2, 0.25) is 0 Å². The first-order chi connectivity index (χ1) is 8.84. The molecular formula is C13H9BrN4. The molecule has 0 aliphatic heterocycles. The zero-order chi connectivity index (χ0) is 12.4. The second-order valence-electron chi connectivity index (χ2n) is 3.69. The van der Waals surface area contributed by atoms with Gasteiger partial charge in [0, 0.05) is 10.7 Å². The zero-order valence-corrected chi connectivity index (χ0v) is 10.9. The predicted octanol–water partition coefficient (Wildman–Crippen LogP) is 3.09. The molecule has 0 unspecified atom stereocenters. The standard InChI is InChI=1S/C13H9BrN4/c14-10-4-3-5-11(8-10)18-13(16-9-17-18)12-6-1-2-7-15-12/h1-9H. The molecule has 4 nitrogen and oxygen atoms in total. The molecule has 0 radical (unpaired) electrons. The number of hydrogen-bond donors (Lipinski definition) is 0. The maximum absolute atomic E-state index is 4.29. The summed E-state index contributed by atoms with van der Waals surface area (Å²) in [5.41, 5.74) is 1.75. The quantitative estimate of drug-likeness (QED) is 0.730. The van der Waals surface area contributed by atoms with Gasteiger partial charge in [-0.25, -0.2) is 9.67 Å². The Hall–Kier alpha value is -2.01. The van der Waals surface area contributed by atoms with Crippen LogP contribution in [0.4, 0.5) is 0 Å². The van der Waals surface area contributed by atoms with Crippen LogP contribution in [-0.4, -0.2) is 19.7 Å². The van der Waals surface area contributed by atoms with Crippen LogP contribution < -0.4 is 0 Å². The number of aromatic nitrogens is 4. The van der Waals surface area contributed by atoms with Gasteiger partial charge in [-0.3, -0.25) is 4.98 Å². The van der Waals surface area contributed by atoms with Gasteiger partial charge in [0.05, 0.1) is 5.69 Å². The van der Waals surface area contributed by atoms with E-state index in [1.165, 1.54) is 6.33 Å². The summed E-state index contributed by atoms with van der Waals surface area (Å²) in [5.74, 6) is 0.730. The first-order valence-corrected chi connectivity index (χ1v) is 6.21. The van der Waals surface area contributed by atoms with Crippen LogP contribution in [0.25, 0.3) is 17.2 Å². The fourth-order valence-electron chi connectivity index (χ4n) is 1.71. The maximum Gasteiger partial charge on any atom is 0.181 e. The highest BCUT2D eigenvalue weighted by Gasteiger charge is 2.09. The van der Waals surface area contributed by atoms with Gasteiger partial charge >= 0.3 is 0 Å². The monoisotopic (exact) mass is 300 g/mol. The second-order valence-corrected chi connectivity index (χ2v) is 4.61. The van der Waals surface area contributed by atoms with Gasteiger partial charge in [-0.05, 0) is 30.3 Å². The highest BCUT2D eigenvalue weighted by Crippen LogP contribution is 2.20. The number of pyridine rings is 1. The molecule has 5 heteroatoms.